The molecule has 0 unspecified atom stereocenters. The van der Waals surface area contributed by atoms with Crippen LogP contribution in [0.1, 0.15) is 62.0 Å². The van der Waals surface area contributed by atoms with E-state index in [1.807, 2.05) is 0 Å². The normalized spacial score (nSPS) is 15.7. The summed E-state index contributed by atoms with van der Waals surface area (Å²) in [5.74, 6) is 1.05. The predicted octanol–water partition coefficient (Wildman–Crippen LogP) is 4.79. The molecule has 0 saturated heterocycles. The van der Waals surface area contributed by atoms with Crippen molar-refractivity contribution in [2.45, 2.75) is 51.9 Å². The van der Waals surface area contributed by atoms with Gasteiger partial charge in [0, 0.05) is 10.9 Å². The van der Waals surface area contributed by atoms with Crippen LogP contribution in [0.4, 0.5) is 0 Å². The van der Waals surface area contributed by atoms with E-state index in [0.29, 0.717) is 11.7 Å². The summed E-state index contributed by atoms with van der Waals surface area (Å²) in [7, 11) is 0. The van der Waals surface area contributed by atoms with Gasteiger partial charge in [-0.2, -0.15) is 5.26 Å². The summed E-state index contributed by atoms with van der Waals surface area (Å²) in [6.45, 7) is 8.72. The second kappa shape index (κ2) is 3.87. The molecule has 1 aromatic carbocycles. The van der Waals surface area contributed by atoms with Gasteiger partial charge in [-0.3, -0.25) is 0 Å². The van der Waals surface area contributed by atoms with Gasteiger partial charge in [-0.15, -0.1) is 0 Å². The van der Waals surface area contributed by atoms with Crippen LogP contribution in [-0.4, -0.2) is 0 Å². The van der Waals surface area contributed by atoms with E-state index in [-0.39, 0.29) is 5.41 Å². The molecule has 0 radical (unpaired) electrons. The van der Waals surface area contributed by atoms with E-state index in [9.17, 15) is 5.26 Å². The van der Waals surface area contributed by atoms with E-state index in [1.165, 1.54) is 18.4 Å². The molecule has 3 rings (SSSR count). The molecule has 1 saturated carbocycles. The lowest BCUT2D eigenvalue weighted by Gasteiger charge is -2.19. The highest BCUT2D eigenvalue weighted by atomic mass is 16.3. The van der Waals surface area contributed by atoms with Crippen LogP contribution < -0.4 is 0 Å². The molecule has 1 aliphatic carbocycles. The molecule has 1 fully saturated rings. The molecule has 2 heteroatoms. The van der Waals surface area contributed by atoms with Crippen molar-refractivity contribution in [1.29, 1.82) is 5.26 Å². The van der Waals surface area contributed by atoms with Crippen LogP contribution in [-0.2, 0) is 5.41 Å². The number of furan rings is 1. The molecule has 1 aromatic heterocycles. The Kier molecular flexibility index (Phi) is 2.50. The maximum absolute atomic E-state index is 9.27. The van der Waals surface area contributed by atoms with E-state index >= 15 is 0 Å². The van der Waals surface area contributed by atoms with Crippen LogP contribution in [0.25, 0.3) is 11.0 Å². The van der Waals surface area contributed by atoms with Crippen LogP contribution in [0.3, 0.4) is 0 Å². The highest BCUT2D eigenvalue weighted by Gasteiger charge is 2.32. The Morgan fingerprint density at radius 2 is 1.95 bits per heavy atom. The highest BCUT2D eigenvalue weighted by Crippen LogP contribution is 2.47. The van der Waals surface area contributed by atoms with Crippen LogP contribution in [0.15, 0.2) is 16.5 Å². The predicted molar refractivity (Wildman–Crippen MR) is 76.3 cm³/mol. The minimum absolute atomic E-state index is 0.115. The molecule has 0 N–H and O–H groups in total. The zero-order chi connectivity index (χ0) is 13.8. The lowest BCUT2D eigenvalue weighted by atomic mass is 9.85. The average molecular weight is 253 g/mol. The van der Waals surface area contributed by atoms with Gasteiger partial charge >= 0.3 is 0 Å². The zero-order valence-corrected chi connectivity index (χ0v) is 12.0. The maximum Gasteiger partial charge on any atom is 0.208 e. The van der Waals surface area contributed by atoms with Gasteiger partial charge in [-0.05, 0) is 48.3 Å². The maximum atomic E-state index is 9.27. The average Bonchev–Trinajstić information content (AvgIpc) is 3.08. The summed E-state index contributed by atoms with van der Waals surface area (Å²) in [6, 6.07) is 6.63. The first-order chi connectivity index (χ1) is 8.91. The Morgan fingerprint density at radius 3 is 2.47 bits per heavy atom. The van der Waals surface area contributed by atoms with Gasteiger partial charge < -0.3 is 4.42 Å². The van der Waals surface area contributed by atoms with Gasteiger partial charge in [0.25, 0.3) is 0 Å². The number of hydrogen-bond acceptors (Lipinski definition) is 2. The summed E-state index contributed by atoms with van der Waals surface area (Å²) in [4.78, 5) is 0. The fraction of sp³-hybridized carbons (Fsp3) is 0.471. The summed E-state index contributed by atoms with van der Waals surface area (Å²) in [5, 5.41) is 10.4. The summed E-state index contributed by atoms with van der Waals surface area (Å²) in [6.07, 6.45) is 2.37. The summed E-state index contributed by atoms with van der Waals surface area (Å²) >= 11 is 0. The Balaban J connectivity index is 2.33. The van der Waals surface area contributed by atoms with Crippen LogP contribution >= 0.6 is 0 Å². The van der Waals surface area contributed by atoms with Crippen molar-refractivity contribution in [2.24, 2.45) is 0 Å². The van der Waals surface area contributed by atoms with Crippen molar-refractivity contribution >= 4 is 11.0 Å². The number of nitriles is 1. The van der Waals surface area contributed by atoms with Crippen molar-refractivity contribution in [2.75, 3.05) is 0 Å². The van der Waals surface area contributed by atoms with E-state index in [4.69, 9.17) is 4.42 Å². The molecule has 19 heavy (non-hydrogen) atoms. The van der Waals surface area contributed by atoms with Crippen molar-refractivity contribution in [3.63, 3.8) is 0 Å². The molecule has 1 aliphatic rings. The third kappa shape index (κ3) is 1.94. The topological polar surface area (TPSA) is 36.9 Å². The molecular formula is C17H19NO. The molecular weight excluding hydrogens is 234 g/mol. The molecule has 2 aromatic rings. The van der Waals surface area contributed by atoms with Crippen molar-refractivity contribution in [3.05, 3.63) is 34.6 Å². The summed E-state index contributed by atoms with van der Waals surface area (Å²) in [5.41, 5.74) is 4.60. The number of benzene rings is 1. The number of rotatable bonds is 1. The lowest BCUT2D eigenvalue weighted by Crippen LogP contribution is -2.11. The van der Waals surface area contributed by atoms with Gasteiger partial charge in [0.05, 0.1) is 0 Å². The lowest BCUT2D eigenvalue weighted by molar-refractivity contribution is 0.584. The molecule has 1 heterocycles. The fourth-order valence-electron chi connectivity index (χ4n) is 2.68. The molecule has 98 valence electrons. The van der Waals surface area contributed by atoms with Crippen molar-refractivity contribution in [1.82, 2.24) is 0 Å². The van der Waals surface area contributed by atoms with E-state index in [0.717, 1.165) is 22.1 Å². The van der Waals surface area contributed by atoms with Gasteiger partial charge in [0.15, 0.2) is 0 Å². The third-order valence-electron chi connectivity index (χ3n) is 3.97. The molecule has 2 nitrogen and oxygen atoms in total. The fourth-order valence-corrected chi connectivity index (χ4v) is 2.68. The first-order valence-corrected chi connectivity index (χ1v) is 6.89. The van der Waals surface area contributed by atoms with Crippen molar-refractivity contribution < 1.29 is 4.42 Å². The van der Waals surface area contributed by atoms with Gasteiger partial charge in [0.2, 0.25) is 5.76 Å². The minimum atomic E-state index is 0.115. The van der Waals surface area contributed by atoms with Crippen LogP contribution in [0.5, 0.6) is 0 Å². The molecule has 0 spiro atoms. The number of fused-ring (bicyclic) bond motifs is 1. The van der Waals surface area contributed by atoms with E-state index < -0.39 is 0 Å². The summed E-state index contributed by atoms with van der Waals surface area (Å²) < 4.78 is 5.79. The van der Waals surface area contributed by atoms with E-state index in [2.05, 4.69) is 45.9 Å². The first kappa shape index (κ1) is 12.3. The Bertz CT molecular complexity index is 691. The molecule has 0 aliphatic heterocycles. The van der Waals surface area contributed by atoms with Gasteiger partial charge in [-0.25, -0.2) is 0 Å². The van der Waals surface area contributed by atoms with E-state index in [1.54, 1.807) is 0 Å². The smallest absolute Gasteiger partial charge is 0.208 e. The monoisotopic (exact) mass is 253 g/mol. The van der Waals surface area contributed by atoms with Gasteiger partial charge in [-0.1, -0.05) is 26.8 Å². The van der Waals surface area contributed by atoms with Crippen LogP contribution in [0.2, 0.25) is 0 Å². The largest absolute Gasteiger partial charge is 0.445 e. The molecule has 0 amide bonds. The molecule has 0 atom stereocenters. The number of nitrogens with zero attached hydrogens (tertiary/aromatic N) is 1. The van der Waals surface area contributed by atoms with Crippen LogP contribution in [0, 0.1) is 18.3 Å². The second-order valence-electron chi connectivity index (χ2n) is 6.65. The highest BCUT2D eigenvalue weighted by molar-refractivity contribution is 5.87. The number of aryl methyl sites for hydroxylation is 1. The number of hydrogen-bond donors (Lipinski definition) is 0. The quantitative estimate of drug-likeness (QED) is 0.732. The zero-order valence-electron chi connectivity index (χ0n) is 12.0. The van der Waals surface area contributed by atoms with Crippen molar-refractivity contribution in [3.8, 4) is 6.07 Å². The Morgan fingerprint density at radius 1 is 1.26 bits per heavy atom. The van der Waals surface area contributed by atoms with Gasteiger partial charge in [0.1, 0.15) is 11.7 Å². The second-order valence-corrected chi connectivity index (χ2v) is 6.65. The Labute approximate surface area is 114 Å². The minimum Gasteiger partial charge on any atom is -0.445 e. The Hall–Kier alpha value is -1.75. The molecule has 0 bridgehead atoms. The standard InChI is InChI=1S/C17H19NO/c1-10-7-12(17(2,3)4)8-13-15(11-5-6-11)14(9-18)19-16(10)13/h7-8,11H,5-6H2,1-4H3. The SMILES string of the molecule is Cc1cc(C(C)(C)C)cc2c(C3CC3)c(C#N)oc12. The third-order valence-corrected chi connectivity index (χ3v) is 3.97. The first-order valence-electron chi connectivity index (χ1n) is 6.89.